The third kappa shape index (κ3) is 3.11. The first-order chi connectivity index (χ1) is 15.1. The van der Waals surface area contributed by atoms with Gasteiger partial charge in [0, 0.05) is 42.9 Å². The van der Waals surface area contributed by atoms with Crippen LogP contribution in [0, 0.1) is 17.8 Å². The summed E-state index contributed by atoms with van der Waals surface area (Å²) >= 11 is 0. The fourth-order valence-corrected chi connectivity index (χ4v) is 6.19. The molecule has 3 heterocycles. The summed E-state index contributed by atoms with van der Waals surface area (Å²) in [6.07, 6.45) is 1.89. The third-order valence-electron chi connectivity index (χ3n) is 7.58. The number of hydrogen-bond acceptors (Lipinski definition) is 7. The highest BCUT2D eigenvalue weighted by molar-refractivity contribution is 5.94. The quantitative estimate of drug-likeness (QED) is 0.444. The number of nitrogens with zero attached hydrogens (tertiary/aromatic N) is 2. The molecule has 8 heteroatoms. The first-order valence-corrected chi connectivity index (χ1v) is 10.8. The second kappa shape index (κ2) is 7.84. The van der Waals surface area contributed by atoms with Crippen LogP contribution in [0.1, 0.15) is 30.1 Å². The van der Waals surface area contributed by atoms with Crippen LogP contribution in [0.3, 0.4) is 0 Å². The zero-order valence-electron chi connectivity index (χ0n) is 18.1. The van der Waals surface area contributed by atoms with E-state index < -0.39 is 12.0 Å². The van der Waals surface area contributed by atoms with Crippen LogP contribution in [-0.2, 0) is 20.7 Å². The summed E-state index contributed by atoms with van der Waals surface area (Å²) in [6.45, 7) is 1.83. The largest absolute Gasteiger partial charge is 0.497 e. The van der Waals surface area contributed by atoms with Gasteiger partial charge in [-0.25, -0.2) is 0 Å². The van der Waals surface area contributed by atoms with E-state index in [1.807, 2.05) is 12.1 Å². The Morgan fingerprint density at radius 2 is 2.13 bits per heavy atom. The molecule has 2 N–H and O–H groups in total. The lowest BCUT2D eigenvalue weighted by Gasteiger charge is -2.51. The molecular weight excluding hydrogens is 398 g/mol. The lowest BCUT2D eigenvalue weighted by atomic mass is 9.64. The van der Waals surface area contributed by atoms with Crippen LogP contribution in [-0.4, -0.2) is 67.3 Å². The number of benzene rings is 1. The summed E-state index contributed by atoms with van der Waals surface area (Å²) in [6, 6.07) is 6.40. The van der Waals surface area contributed by atoms with E-state index >= 15 is 0 Å². The van der Waals surface area contributed by atoms with Crippen LogP contribution < -0.4 is 4.74 Å². The second-order valence-corrected chi connectivity index (χ2v) is 8.85. The molecule has 5 rings (SSSR count). The van der Waals surface area contributed by atoms with E-state index in [0.29, 0.717) is 12.1 Å². The minimum atomic E-state index is -0.555. The SMILES string of the molecule is COC(=O)[C@H]1[C@H]2C[C@@H]3c4[nH]c5cc(OC)ccc5c4CCN3C[C@H]2C/C(=N\O)[C@@H]1OC. The number of aromatic amines is 1. The highest BCUT2D eigenvalue weighted by Crippen LogP contribution is 2.49. The number of nitrogens with one attached hydrogen (secondary N) is 1. The zero-order valence-corrected chi connectivity index (χ0v) is 18.1. The lowest BCUT2D eigenvalue weighted by Crippen LogP contribution is -2.56. The summed E-state index contributed by atoms with van der Waals surface area (Å²) in [5, 5.41) is 14.3. The van der Waals surface area contributed by atoms with E-state index in [4.69, 9.17) is 14.2 Å². The molecular formula is C23H29N3O5. The molecule has 0 amide bonds. The number of aromatic nitrogens is 1. The summed E-state index contributed by atoms with van der Waals surface area (Å²) in [5.41, 5.74) is 4.23. The van der Waals surface area contributed by atoms with Crippen LogP contribution in [0.5, 0.6) is 5.75 Å². The molecule has 0 unspecified atom stereocenters. The van der Waals surface area contributed by atoms with Crippen LogP contribution in [0.25, 0.3) is 10.9 Å². The molecule has 1 aromatic heterocycles. The molecule has 0 bridgehead atoms. The minimum absolute atomic E-state index is 0.0936. The van der Waals surface area contributed by atoms with Gasteiger partial charge in [0.05, 0.1) is 31.9 Å². The van der Waals surface area contributed by atoms with Crippen molar-refractivity contribution in [1.82, 2.24) is 9.88 Å². The lowest BCUT2D eigenvalue weighted by molar-refractivity contribution is -0.156. The van der Waals surface area contributed by atoms with E-state index in [1.54, 1.807) is 14.2 Å². The highest BCUT2D eigenvalue weighted by atomic mass is 16.5. The summed E-state index contributed by atoms with van der Waals surface area (Å²) in [7, 11) is 4.65. The van der Waals surface area contributed by atoms with Crippen molar-refractivity contribution in [2.75, 3.05) is 34.4 Å². The van der Waals surface area contributed by atoms with Crippen LogP contribution in [0.4, 0.5) is 0 Å². The number of methoxy groups -OCH3 is 3. The number of rotatable bonds is 3. The van der Waals surface area contributed by atoms with Crippen molar-refractivity contribution >= 4 is 22.6 Å². The Bertz CT molecular complexity index is 1030. The number of fused-ring (bicyclic) bond motifs is 6. The summed E-state index contributed by atoms with van der Waals surface area (Å²) < 4.78 is 16.2. The Balaban J connectivity index is 1.53. The molecule has 0 radical (unpaired) electrons. The standard InChI is InChI=1S/C23H29N3O5/c1-29-13-4-5-14-15-6-7-26-11-12-8-18(25-28)22(30-2)20(23(27)31-3)16(12)10-19(26)21(15)24-17(14)9-13/h4-5,9,12,16,19-20,22,24,28H,6-8,10-11H2,1-3H3/b25-18+/t12-,16+,19-,20+,22+/m1/s1. The van der Waals surface area contributed by atoms with Crippen molar-refractivity contribution in [1.29, 1.82) is 0 Å². The number of piperidine rings is 1. The van der Waals surface area contributed by atoms with E-state index in [-0.39, 0.29) is 23.8 Å². The first kappa shape index (κ1) is 20.3. The molecule has 166 valence electrons. The van der Waals surface area contributed by atoms with Crippen molar-refractivity contribution < 1.29 is 24.2 Å². The van der Waals surface area contributed by atoms with Crippen molar-refractivity contribution in [2.24, 2.45) is 22.9 Å². The molecule has 1 aliphatic carbocycles. The van der Waals surface area contributed by atoms with Crippen molar-refractivity contribution in [3.63, 3.8) is 0 Å². The number of hydrogen-bond donors (Lipinski definition) is 2. The van der Waals surface area contributed by atoms with Crippen LogP contribution in [0.2, 0.25) is 0 Å². The van der Waals surface area contributed by atoms with Crippen molar-refractivity contribution in [3.05, 3.63) is 29.5 Å². The molecule has 2 fully saturated rings. The maximum atomic E-state index is 12.8. The predicted octanol–water partition coefficient (Wildman–Crippen LogP) is 2.75. The number of oxime groups is 1. The van der Waals surface area contributed by atoms with E-state index in [2.05, 4.69) is 21.1 Å². The van der Waals surface area contributed by atoms with Gasteiger partial charge in [-0.1, -0.05) is 5.16 Å². The Morgan fingerprint density at radius 3 is 2.84 bits per heavy atom. The topological polar surface area (TPSA) is 96.4 Å². The zero-order chi connectivity index (χ0) is 21.7. The Labute approximate surface area is 181 Å². The van der Waals surface area contributed by atoms with Crippen LogP contribution >= 0.6 is 0 Å². The summed E-state index contributed by atoms with van der Waals surface area (Å²) in [4.78, 5) is 19.0. The molecule has 3 aliphatic rings. The monoisotopic (exact) mass is 427 g/mol. The van der Waals surface area contributed by atoms with E-state index in [0.717, 1.165) is 37.2 Å². The number of esters is 1. The molecule has 5 atom stereocenters. The number of ether oxygens (including phenoxy) is 3. The maximum absolute atomic E-state index is 12.8. The molecule has 8 nitrogen and oxygen atoms in total. The first-order valence-electron chi connectivity index (χ1n) is 10.8. The molecule has 31 heavy (non-hydrogen) atoms. The highest BCUT2D eigenvalue weighted by Gasteiger charge is 2.52. The molecule has 2 aliphatic heterocycles. The predicted molar refractivity (Wildman–Crippen MR) is 115 cm³/mol. The normalized spacial score (nSPS) is 31.7. The average Bonchev–Trinajstić information content (AvgIpc) is 3.19. The average molecular weight is 428 g/mol. The summed E-state index contributed by atoms with van der Waals surface area (Å²) in [5.74, 6) is 0.383. The Hall–Kier alpha value is -2.58. The van der Waals surface area contributed by atoms with Gasteiger partial charge < -0.3 is 24.4 Å². The molecule has 1 aromatic carbocycles. The molecule has 1 saturated carbocycles. The Kier molecular flexibility index (Phi) is 5.14. The fraction of sp³-hybridized carbons (Fsp3) is 0.565. The second-order valence-electron chi connectivity index (χ2n) is 8.85. The van der Waals surface area contributed by atoms with Gasteiger partial charge in [-0.15, -0.1) is 0 Å². The van der Waals surface area contributed by atoms with Gasteiger partial charge >= 0.3 is 5.97 Å². The third-order valence-corrected chi connectivity index (χ3v) is 7.58. The smallest absolute Gasteiger partial charge is 0.312 e. The molecule has 0 spiro atoms. The van der Waals surface area contributed by atoms with Gasteiger partial charge in [0.2, 0.25) is 0 Å². The Morgan fingerprint density at radius 1 is 1.29 bits per heavy atom. The van der Waals surface area contributed by atoms with Gasteiger partial charge in [0.25, 0.3) is 0 Å². The van der Waals surface area contributed by atoms with Gasteiger partial charge in [-0.05, 0) is 48.8 Å². The van der Waals surface area contributed by atoms with Crippen LogP contribution in [0.15, 0.2) is 23.4 Å². The van der Waals surface area contributed by atoms with E-state index in [1.165, 1.54) is 23.8 Å². The molecule has 2 aromatic rings. The number of H-pyrrole nitrogens is 1. The van der Waals surface area contributed by atoms with E-state index in [9.17, 15) is 10.0 Å². The minimum Gasteiger partial charge on any atom is -0.497 e. The van der Waals surface area contributed by atoms with Crippen molar-refractivity contribution in [2.45, 2.75) is 31.4 Å². The fourth-order valence-electron chi connectivity index (χ4n) is 6.19. The van der Waals surface area contributed by atoms with Crippen molar-refractivity contribution in [3.8, 4) is 5.75 Å². The van der Waals surface area contributed by atoms with Gasteiger partial charge in [-0.2, -0.15) is 0 Å². The maximum Gasteiger partial charge on any atom is 0.312 e. The number of carbonyl (C=O) groups is 1. The molecule has 1 saturated heterocycles. The van der Waals surface area contributed by atoms with Gasteiger partial charge in [-0.3, -0.25) is 9.69 Å². The number of carbonyl (C=O) groups excluding carboxylic acids is 1. The van der Waals surface area contributed by atoms with Gasteiger partial charge in [0.15, 0.2) is 0 Å². The van der Waals surface area contributed by atoms with Gasteiger partial charge in [0.1, 0.15) is 11.9 Å².